The van der Waals surface area contributed by atoms with Crippen LogP contribution in [0.2, 0.25) is 42.3 Å². The third-order valence-corrected chi connectivity index (χ3v) is 19.3. The van der Waals surface area contributed by atoms with Gasteiger partial charge < -0.3 is 38.0 Å². The summed E-state index contributed by atoms with van der Waals surface area (Å²) in [6, 6.07) is 14.1. The molecule has 0 saturated carbocycles. The number of imidazole rings is 1. The summed E-state index contributed by atoms with van der Waals surface area (Å²) in [5.41, 5.74) is 6.08. The molecule has 0 aliphatic heterocycles. The number of rotatable bonds is 23. The third kappa shape index (κ3) is 11.5. The van der Waals surface area contributed by atoms with E-state index in [1.807, 2.05) is 55.2 Å². The van der Waals surface area contributed by atoms with Gasteiger partial charge in [0.05, 0.1) is 41.1 Å². The largest absolute Gasteiger partial charge is 0.494 e. The van der Waals surface area contributed by atoms with Crippen molar-refractivity contribution in [3.63, 3.8) is 0 Å². The lowest BCUT2D eigenvalue weighted by atomic mass is 10.1. The molecular weight excluding hydrogens is 805 g/mol. The van der Waals surface area contributed by atoms with Crippen LogP contribution in [0.25, 0.3) is 33.6 Å². The number of ether oxygens (including phenoxy) is 2. The number of furan rings is 1. The molecule has 5 aromatic rings. The van der Waals surface area contributed by atoms with Gasteiger partial charge in [-0.3, -0.25) is 10.1 Å². The number of fused-ring (bicyclic) bond motifs is 1. The summed E-state index contributed by atoms with van der Waals surface area (Å²) < 4.78 is 27.1. The van der Waals surface area contributed by atoms with Crippen LogP contribution in [0, 0.1) is 10.1 Å². The first-order chi connectivity index (χ1) is 28.9. The van der Waals surface area contributed by atoms with E-state index in [1.54, 1.807) is 25.6 Å². The molecule has 0 amide bonds. The number of likely N-dealkylation sites (N-methyl/N-ethyl adjacent to an activating group) is 2. The van der Waals surface area contributed by atoms with Crippen molar-refractivity contribution in [3.8, 4) is 28.4 Å². The van der Waals surface area contributed by atoms with Crippen molar-refractivity contribution >= 4 is 50.4 Å². The fourth-order valence-corrected chi connectivity index (χ4v) is 14.6. The third-order valence-electron chi connectivity index (χ3n) is 11.5. The molecule has 0 atom stereocenters. The average Bonchev–Trinajstić information content (AvgIpc) is 3.82. The van der Waals surface area contributed by atoms with Crippen LogP contribution < -0.4 is 15.0 Å². The molecule has 3 aromatic heterocycles. The zero-order chi connectivity index (χ0) is 44.6. The molecule has 1 N–H and O–H groups in total. The predicted octanol–water partition coefficient (Wildman–Crippen LogP) is 10.8. The zero-order valence-corrected chi connectivity index (χ0v) is 40.7. The molecule has 14 nitrogen and oxygen atoms in total. The molecule has 5 rings (SSSR count). The Morgan fingerprint density at radius 2 is 1.66 bits per heavy atom. The van der Waals surface area contributed by atoms with Crippen LogP contribution in [-0.2, 0) is 22.3 Å². The van der Waals surface area contributed by atoms with E-state index in [0.29, 0.717) is 65.6 Å². The minimum atomic E-state index is -2.06. The van der Waals surface area contributed by atoms with Crippen molar-refractivity contribution in [1.29, 1.82) is 0 Å². The molecule has 0 radical (unpaired) electrons. The van der Waals surface area contributed by atoms with Crippen LogP contribution in [0.4, 0.5) is 23.0 Å². The lowest BCUT2D eigenvalue weighted by Crippen LogP contribution is -2.48. The molecular formula is C45H68N8O6Si2. The topological polar surface area (TPSA) is 146 Å². The van der Waals surface area contributed by atoms with E-state index in [1.165, 1.54) is 6.07 Å². The monoisotopic (exact) mass is 872 g/mol. The predicted molar refractivity (Wildman–Crippen MR) is 253 cm³/mol. The molecule has 3 heterocycles. The van der Waals surface area contributed by atoms with Gasteiger partial charge in [-0.15, -0.1) is 0 Å². The number of nitro benzene ring substituents is 1. The molecule has 0 fully saturated rings. The molecule has 0 aliphatic carbocycles. The van der Waals surface area contributed by atoms with Gasteiger partial charge in [0.25, 0.3) is 5.69 Å². The van der Waals surface area contributed by atoms with Crippen LogP contribution in [0.3, 0.4) is 0 Å². The maximum atomic E-state index is 12.4. The Morgan fingerprint density at radius 3 is 2.30 bits per heavy atom. The Bertz CT molecular complexity index is 2210. The van der Waals surface area contributed by atoms with Crippen molar-refractivity contribution in [2.45, 2.75) is 103 Å². The van der Waals surface area contributed by atoms with Gasteiger partial charge >= 0.3 is 0 Å². The number of nitro groups is 1. The summed E-state index contributed by atoms with van der Waals surface area (Å²) in [6.07, 6.45) is 4.84. The highest BCUT2D eigenvalue weighted by molar-refractivity contribution is 6.77. The first-order valence-corrected chi connectivity index (χ1v) is 27.3. The van der Waals surface area contributed by atoms with E-state index >= 15 is 0 Å². The molecule has 0 unspecified atom stereocenters. The van der Waals surface area contributed by atoms with Gasteiger partial charge in [-0.2, -0.15) is 0 Å². The molecule has 332 valence electrons. The summed E-state index contributed by atoms with van der Waals surface area (Å²) in [6.45, 7) is 23.8. The van der Waals surface area contributed by atoms with E-state index in [2.05, 4.69) is 82.1 Å². The van der Waals surface area contributed by atoms with Gasteiger partial charge in [-0.1, -0.05) is 61.2 Å². The van der Waals surface area contributed by atoms with Crippen molar-refractivity contribution < 1.29 is 23.2 Å². The van der Waals surface area contributed by atoms with Gasteiger partial charge in [0.2, 0.25) is 5.95 Å². The number of hydrogen-bond donors (Lipinski definition) is 1. The van der Waals surface area contributed by atoms with Crippen LogP contribution >= 0.6 is 0 Å². The number of hydrogen-bond acceptors (Lipinski definition) is 12. The Labute approximate surface area is 364 Å². The number of nitrogens with zero attached hydrogens (tertiary/aromatic N) is 7. The Hall–Kier alpha value is -4.62. The lowest BCUT2D eigenvalue weighted by Gasteiger charge is -2.42. The Kier molecular flexibility index (Phi) is 15.9. The maximum Gasteiger partial charge on any atom is 0.294 e. The molecule has 0 saturated heterocycles. The van der Waals surface area contributed by atoms with Gasteiger partial charge in [-0.25, -0.2) is 15.0 Å². The Balaban J connectivity index is 1.59. The maximum absolute atomic E-state index is 12.4. The SMILES string of the molecule is COc1cc(N(C)CCN(C)C)c([N+](=O)[O-])cc1Nc1nccc(-c2c(-c3ccc4occc4c3)nc(CCCO[Si](C(C)C)(C(C)C)C(C)C)n2COCC[Si](C)(C)C)n1. The normalized spacial score (nSPS) is 12.4. The number of anilines is 3. The molecule has 0 spiro atoms. The first-order valence-electron chi connectivity index (χ1n) is 21.5. The lowest BCUT2D eigenvalue weighted by molar-refractivity contribution is -0.384. The average molecular weight is 873 g/mol. The van der Waals surface area contributed by atoms with Crippen LogP contribution in [0.1, 0.15) is 53.8 Å². The smallest absolute Gasteiger partial charge is 0.294 e. The first kappa shape index (κ1) is 47.4. The minimum Gasteiger partial charge on any atom is -0.494 e. The van der Waals surface area contributed by atoms with Crippen LogP contribution in [-0.4, -0.2) is 100 Å². The second-order valence-corrected chi connectivity index (χ2v) is 29.4. The van der Waals surface area contributed by atoms with E-state index < -0.39 is 16.4 Å². The van der Waals surface area contributed by atoms with E-state index in [0.717, 1.165) is 52.8 Å². The van der Waals surface area contributed by atoms with Crippen LogP contribution in [0.5, 0.6) is 5.75 Å². The molecule has 61 heavy (non-hydrogen) atoms. The quantitative estimate of drug-likeness (QED) is 0.0288. The van der Waals surface area contributed by atoms with E-state index in [-0.39, 0.29) is 23.3 Å². The van der Waals surface area contributed by atoms with Gasteiger partial charge in [0, 0.05) is 77.1 Å². The highest BCUT2D eigenvalue weighted by Crippen LogP contribution is 2.43. The van der Waals surface area contributed by atoms with Crippen molar-refractivity contribution in [1.82, 2.24) is 24.4 Å². The van der Waals surface area contributed by atoms with Crippen molar-refractivity contribution in [2.24, 2.45) is 0 Å². The highest BCUT2D eigenvalue weighted by atomic mass is 28.4. The Morgan fingerprint density at radius 1 is 0.934 bits per heavy atom. The molecule has 0 bridgehead atoms. The van der Waals surface area contributed by atoms with Gasteiger partial charge in [0.1, 0.15) is 29.6 Å². The summed E-state index contributed by atoms with van der Waals surface area (Å²) in [5.74, 6) is 1.54. The fraction of sp³-hybridized carbons (Fsp3) is 0.533. The molecule has 16 heteroatoms. The number of nitrogens with one attached hydrogen (secondary N) is 1. The zero-order valence-electron chi connectivity index (χ0n) is 38.7. The standard InChI is InChI=1S/C45H68N8O6Si2/c1-31(2)61(32(3)4,33(5)6)59-23-14-15-42-49-43(35-16-17-40-34(27-35)19-24-58-40)44(52(42)30-57-25-26-60(11,12)13)36-18-20-46-45(47-36)48-37-28-39(53(54)55)38(29-41(37)56-10)51(9)22-21-50(7)8/h16-20,24,27-29,31-33H,14-15,21-23,25-26,30H2,1-13H3,(H,46,47,48). The summed E-state index contributed by atoms with van der Waals surface area (Å²) in [4.78, 5) is 30.9. The van der Waals surface area contributed by atoms with E-state index in [9.17, 15) is 10.1 Å². The van der Waals surface area contributed by atoms with Gasteiger partial charge in [0.15, 0.2) is 8.32 Å². The second kappa shape index (κ2) is 20.5. The minimum absolute atomic E-state index is 0.0603. The van der Waals surface area contributed by atoms with E-state index in [4.69, 9.17) is 28.3 Å². The number of aryl methyl sites for hydroxylation is 1. The summed E-state index contributed by atoms with van der Waals surface area (Å²) in [5, 5.41) is 16.6. The van der Waals surface area contributed by atoms with Crippen molar-refractivity contribution in [3.05, 3.63) is 70.9 Å². The molecule has 2 aromatic carbocycles. The fourth-order valence-electron chi connectivity index (χ4n) is 8.34. The highest BCUT2D eigenvalue weighted by Gasteiger charge is 2.44. The molecule has 0 aliphatic rings. The number of methoxy groups -OCH3 is 1. The second-order valence-electron chi connectivity index (χ2n) is 18.4. The summed E-state index contributed by atoms with van der Waals surface area (Å²) in [7, 11) is 3.89. The number of aromatic nitrogens is 4. The van der Waals surface area contributed by atoms with Gasteiger partial charge in [-0.05, 0) is 73.5 Å². The van der Waals surface area contributed by atoms with Crippen LogP contribution in [0.15, 0.2) is 59.3 Å². The van der Waals surface area contributed by atoms with Crippen molar-refractivity contribution in [2.75, 3.05) is 64.8 Å². The number of benzene rings is 2. The summed E-state index contributed by atoms with van der Waals surface area (Å²) >= 11 is 0.